The zero-order valence-electron chi connectivity index (χ0n) is 10.8. The first kappa shape index (κ1) is 13.9. The molecule has 6 heteroatoms. The summed E-state index contributed by atoms with van der Waals surface area (Å²) in [7, 11) is 0. The number of fused-ring (bicyclic) bond motifs is 1. The Bertz CT molecular complexity index is 747. The molecule has 0 saturated heterocycles. The van der Waals surface area contributed by atoms with Gasteiger partial charge in [-0.2, -0.15) is 17.5 Å². The van der Waals surface area contributed by atoms with Crippen LogP contribution in [0.5, 0.6) is 0 Å². The van der Waals surface area contributed by atoms with Crippen LogP contribution in [0.25, 0.3) is 10.9 Å². The second kappa shape index (κ2) is 5.37. The van der Waals surface area contributed by atoms with Crippen LogP contribution in [0.4, 0.5) is 18.2 Å². The lowest BCUT2D eigenvalue weighted by molar-refractivity contribution is -0.137. The maximum absolute atomic E-state index is 12.5. The molecule has 1 aromatic heterocycles. The number of hydrogen-bond donors (Lipinski definition) is 1. The van der Waals surface area contributed by atoms with E-state index in [1.807, 2.05) is 24.3 Å². The Kier molecular flexibility index (Phi) is 3.55. The van der Waals surface area contributed by atoms with Crippen LogP contribution in [0.2, 0.25) is 0 Å². The SMILES string of the molecule is FC(F)(F)c1ccc(CNc2snc3ccccc23)cc1. The number of hydrogen-bond acceptors (Lipinski definition) is 3. The topological polar surface area (TPSA) is 24.9 Å². The van der Waals surface area contributed by atoms with Crippen molar-refractivity contribution in [3.63, 3.8) is 0 Å². The lowest BCUT2D eigenvalue weighted by Gasteiger charge is -2.08. The molecule has 0 aliphatic heterocycles. The van der Waals surface area contributed by atoms with Gasteiger partial charge in [-0.1, -0.05) is 24.3 Å². The normalized spacial score (nSPS) is 11.8. The molecule has 0 spiro atoms. The summed E-state index contributed by atoms with van der Waals surface area (Å²) in [6.07, 6.45) is -4.29. The molecule has 1 N–H and O–H groups in total. The van der Waals surface area contributed by atoms with E-state index in [0.717, 1.165) is 33.6 Å². The van der Waals surface area contributed by atoms with Gasteiger partial charge in [-0.15, -0.1) is 0 Å². The molecule has 3 rings (SSSR count). The van der Waals surface area contributed by atoms with Gasteiger partial charge in [-0.3, -0.25) is 0 Å². The minimum Gasteiger partial charge on any atom is -0.371 e. The maximum Gasteiger partial charge on any atom is 0.416 e. The van der Waals surface area contributed by atoms with Crippen molar-refractivity contribution < 1.29 is 13.2 Å². The molecule has 108 valence electrons. The minimum absolute atomic E-state index is 0.463. The summed E-state index contributed by atoms with van der Waals surface area (Å²) >= 11 is 1.35. The molecule has 2 aromatic carbocycles. The second-order valence-electron chi connectivity index (χ2n) is 4.58. The molecule has 0 radical (unpaired) electrons. The number of alkyl halides is 3. The van der Waals surface area contributed by atoms with E-state index in [4.69, 9.17) is 0 Å². The molecule has 0 saturated carbocycles. The van der Waals surface area contributed by atoms with Gasteiger partial charge < -0.3 is 5.32 Å². The lowest BCUT2D eigenvalue weighted by atomic mass is 10.1. The fourth-order valence-electron chi connectivity index (χ4n) is 2.01. The Morgan fingerprint density at radius 1 is 1.00 bits per heavy atom. The number of anilines is 1. The van der Waals surface area contributed by atoms with Crippen molar-refractivity contribution in [2.24, 2.45) is 0 Å². The highest BCUT2D eigenvalue weighted by atomic mass is 32.1. The molecule has 0 fully saturated rings. The van der Waals surface area contributed by atoms with Gasteiger partial charge in [0.1, 0.15) is 5.00 Å². The Hall–Kier alpha value is -2.08. The number of halogens is 3. The van der Waals surface area contributed by atoms with Gasteiger partial charge in [0.15, 0.2) is 0 Å². The fourth-order valence-corrected chi connectivity index (χ4v) is 2.77. The zero-order valence-corrected chi connectivity index (χ0v) is 11.6. The Balaban J connectivity index is 1.73. The first-order valence-corrected chi connectivity index (χ1v) is 7.06. The molecule has 21 heavy (non-hydrogen) atoms. The summed E-state index contributed by atoms with van der Waals surface area (Å²) in [6, 6.07) is 12.9. The van der Waals surface area contributed by atoms with E-state index < -0.39 is 11.7 Å². The highest BCUT2D eigenvalue weighted by Gasteiger charge is 2.29. The van der Waals surface area contributed by atoms with Crippen molar-refractivity contribution >= 4 is 27.4 Å². The third-order valence-corrected chi connectivity index (χ3v) is 3.95. The third kappa shape index (κ3) is 3.00. The van der Waals surface area contributed by atoms with Crippen LogP contribution < -0.4 is 5.32 Å². The summed E-state index contributed by atoms with van der Waals surface area (Å²) in [5, 5.41) is 5.16. The number of nitrogens with one attached hydrogen (secondary N) is 1. The van der Waals surface area contributed by atoms with Gasteiger partial charge in [0.25, 0.3) is 0 Å². The monoisotopic (exact) mass is 308 g/mol. The van der Waals surface area contributed by atoms with Gasteiger partial charge in [0, 0.05) is 11.9 Å². The molecule has 0 aliphatic rings. The van der Waals surface area contributed by atoms with Gasteiger partial charge in [-0.05, 0) is 41.4 Å². The Labute approximate surface area is 123 Å². The van der Waals surface area contributed by atoms with Crippen molar-refractivity contribution in [2.45, 2.75) is 12.7 Å². The number of benzene rings is 2. The van der Waals surface area contributed by atoms with E-state index in [1.165, 1.54) is 23.7 Å². The van der Waals surface area contributed by atoms with Crippen LogP contribution >= 0.6 is 11.5 Å². The molecule has 0 atom stereocenters. The molecule has 1 heterocycles. The maximum atomic E-state index is 12.5. The van der Waals surface area contributed by atoms with Crippen molar-refractivity contribution in [1.82, 2.24) is 4.37 Å². The first-order valence-electron chi connectivity index (χ1n) is 6.28. The lowest BCUT2D eigenvalue weighted by Crippen LogP contribution is -2.05. The van der Waals surface area contributed by atoms with Crippen LogP contribution in [0, 0.1) is 0 Å². The molecule has 0 bridgehead atoms. The van der Waals surface area contributed by atoms with Crippen molar-refractivity contribution in [3.8, 4) is 0 Å². The highest BCUT2D eigenvalue weighted by molar-refractivity contribution is 7.11. The van der Waals surface area contributed by atoms with Crippen LogP contribution in [-0.4, -0.2) is 4.37 Å². The summed E-state index contributed by atoms with van der Waals surface area (Å²) < 4.78 is 41.8. The average Bonchev–Trinajstić information content (AvgIpc) is 2.88. The van der Waals surface area contributed by atoms with Crippen molar-refractivity contribution in [3.05, 3.63) is 59.7 Å². The van der Waals surface area contributed by atoms with E-state index in [0.29, 0.717) is 6.54 Å². The largest absolute Gasteiger partial charge is 0.416 e. The van der Waals surface area contributed by atoms with E-state index in [1.54, 1.807) is 0 Å². The van der Waals surface area contributed by atoms with E-state index in [-0.39, 0.29) is 0 Å². The number of aromatic nitrogens is 1. The molecular formula is C15H11F3N2S. The van der Waals surface area contributed by atoms with E-state index in [9.17, 15) is 13.2 Å². The molecule has 3 aromatic rings. The van der Waals surface area contributed by atoms with Gasteiger partial charge >= 0.3 is 6.18 Å². The average molecular weight is 308 g/mol. The molecular weight excluding hydrogens is 297 g/mol. The highest BCUT2D eigenvalue weighted by Crippen LogP contribution is 2.30. The molecule has 0 amide bonds. The Morgan fingerprint density at radius 2 is 1.71 bits per heavy atom. The summed E-state index contributed by atoms with van der Waals surface area (Å²) in [4.78, 5) is 0. The molecule has 0 aliphatic carbocycles. The van der Waals surface area contributed by atoms with E-state index >= 15 is 0 Å². The fraction of sp³-hybridized carbons (Fsp3) is 0.133. The quantitative estimate of drug-likeness (QED) is 0.742. The number of rotatable bonds is 3. The second-order valence-corrected chi connectivity index (χ2v) is 5.35. The summed E-state index contributed by atoms with van der Waals surface area (Å²) in [5.41, 5.74) is 1.08. The minimum atomic E-state index is -4.29. The van der Waals surface area contributed by atoms with Crippen LogP contribution in [0.1, 0.15) is 11.1 Å². The third-order valence-electron chi connectivity index (χ3n) is 3.12. The standard InChI is InChI=1S/C15H11F3N2S/c16-15(17,18)11-7-5-10(6-8-11)9-19-14-12-3-1-2-4-13(12)20-21-14/h1-8,19H,9H2. The molecule has 2 nitrogen and oxygen atoms in total. The van der Waals surface area contributed by atoms with Crippen LogP contribution in [-0.2, 0) is 12.7 Å². The predicted molar refractivity (Wildman–Crippen MR) is 78.4 cm³/mol. The first-order chi connectivity index (χ1) is 10.0. The smallest absolute Gasteiger partial charge is 0.371 e. The Morgan fingerprint density at radius 3 is 2.43 bits per heavy atom. The predicted octanol–water partition coefficient (Wildman–Crippen LogP) is 4.93. The summed E-state index contributed by atoms with van der Waals surface area (Å²) in [5.74, 6) is 0. The van der Waals surface area contributed by atoms with Gasteiger partial charge in [0.05, 0.1) is 11.1 Å². The van der Waals surface area contributed by atoms with Crippen molar-refractivity contribution in [2.75, 3.05) is 5.32 Å². The van der Waals surface area contributed by atoms with Gasteiger partial charge in [0.2, 0.25) is 0 Å². The zero-order chi connectivity index (χ0) is 14.9. The van der Waals surface area contributed by atoms with Gasteiger partial charge in [-0.25, -0.2) is 0 Å². The van der Waals surface area contributed by atoms with Crippen LogP contribution in [0.15, 0.2) is 48.5 Å². The van der Waals surface area contributed by atoms with E-state index in [2.05, 4.69) is 9.69 Å². The number of nitrogens with zero attached hydrogens (tertiary/aromatic N) is 1. The summed E-state index contributed by atoms with van der Waals surface area (Å²) in [6.45, 7) is 0.463. The molecule has 0 unspecified atom stereocenters. The van der Waals surface area contributed by atoms with Crippen LogP contribution in [0.3, 0.4) is 0 Å². The van der Waals surface area contributed by atoms with Crippen molar-refractivity contribution in [1.29, 1.82) is 0 Å².